The molecule has 1 saturated heterocycles. The van der Waals surface area contributed by atoms with Crippen LogP contribution in [0.25, 0.3) is 11.0 Å². The van der Waals surface area contributed by atoms with Gasteiger partial charge in [0, 0.05) is 38.9 Å². The molecule has 2 aromatic heterocycles. The number of aromatic amines is 1. The topological polar surface area (TPSA) is 68.3 Å². The molecular weight excluding hydrogens is 302 g/mol. The van der Waals surface area contributed by atoms with Crippen LogP contribution < -0.4 is 4.90 Å². The van der Waals surface area contributed by atoms with Gasteiger partial charge in [-0.1, -0.05) is 0 Å². The molecule has 0 unspecified atom stereocenters. The minimum absolute atomic E-state index is 0.539. The molecule has 3 atom stereocenters. The van der Waals surface area contributed by atoms with Gasteiger partial charge in [0.1, 0.15) is 17.8 Å². The SMILES string of the molecule is CN(c1ncnc2[nH]ccc12)[C@H]1C[C@@H]2CN(CC(C)(C)O)C[C@@H]2C1. The van der Waals surface area contributed by atoms with Gasteiger partial charge in [0.05, 0.1) is 11.0 Å². The Hall–Kier alpha value is -1.66. The summed E-state index contributed by atoms with van der Waals surface area (Å²) >= 11 is 0. The maximum Gasteiger partial charge on any atom is 0.142 e. The Balaban J connectivity index is 1.44. The Labute approximate surface area is 142 Å². The molecule has 130 valence electrons. The van der Waals surface area contributed by atoms with Crippen LogP contribution in [0.1, 0.15) is 26.7 Å². The number of rotatable bonds is 4. The van der Waals surface area contributed by atoms with Crippen molar-refractivity contribution in [2.45, 2.75) is 38.3 Å². The quantitative estimate of drug-likeness (QED) is 0.896. The third-order valence-electron chi connectivity index (χ3n) is 5.63. The van der Waals surface area contributed by atoms with Crippen molar-refractivity contribution in [1.29, 1.82) is 0 Å². The summed E-state index contributed by atoms with van der Waals surface area (Å²) in [4.78, 5) is 16.8. The van der Waals surface area contributed by atoms with Crippen LogP contribution in [0.2, 0.25) is 0 Å². The first-order chi connectivity index (χ1) is 11.4. The lowest BCUT2D eigenvalue weighted by Crippen LogP contribution is -2.39. The molecule has 6 nitrogen and oxygen atoms in total. The van der Waals surface area contributed by atoms with Gasteiger partial charge < -0.3 is 15.0 Å². The first kappa shape index (κ1) is 15.8. The smallest absolute Gasteiger partial charge is 0.142 e. The highest BCUT2D eigenvalue weighted by molar-refractivity contribution is 5.87. The number of aliphatic hydroxyl groups is 1. The lowest BCUT2D eigenvalue weighted by molar-refractivity contribution is 0.0413. The molecule has 1 aliphatic heterocycles. The van der Waals surface area contributed by atoms with E-state index in [1.165, 1.54) is 12.8 Å². The predicted molar refractivity (Wildman–Crippen MR) is 95.0 cm³/mol. The fourth-order valence-corrected chi connectivity index (χ4v) is 4.67. The molecule has 1 aliphatic carbocycles. The van der Waals surface area contributed by atoms with Gasteiger partial charge in [-0.2, -0.15) is 0 Å². The van der Waals surface area contributed by atoms with Crippen molar-refractivity contribution in [3.63, 3.8) is 0 Å². The summed E-state index contributed by atoms with van der Waals surface area (Å²) in [6, 6.07) is 2.60. The van der Waals surface area contributed by atoms with E-state index in [2.05, 4.69) is 37.9 Å². The van der Waals surface area contributed by atoms with E-state index in [4.69, 9.17) is 0 Å². The molecule has 4 rings (SSSR count). The largest absolute Gasteiger partial charge is 0.389 e. The molecule has 0 aromatic carbocycles. The number of likely N-dealkylation sites (tertiary alicyclic amines) is 1. The van der Waals surface area contributed by atoms with Crippen LogP contribution in [0, 0.1) is 11.8 Å². The first-order valence-corrected chi connectivity index (χ1v) is 8.86. The Bertz CT molecular complexity index is 708. The van der Waals surface area contributed by atoms with Crippen LogP contribution >= 0.6 is 0 Å². The zero-order valence-electron chi connectivity index (χ0n) is 14.7. The van der Waals surface area contributed by atoms with E-state index in [1.807, 2.05) is 20.0 Å². The number of H-pyrrole nitrogens is 1. The number of nitrogens with zero attached hydrogens (tertiary/aromatic N) is 4. The van der Waals surface area contributed by atoms with Gasteiger partial charge in [0.2, 0.25) is 0 Å². The minimum atomic E-state index is -0.602. The highest BCUT2D eigenvalue weighted by atomic mass is 16.3. The monoisotopic (exact) mass is 329 g/mol. The predicted octanol–water partition coefficient (Wildman–Crippen LogP) is 1.88. The zero-order chi connectivity index (χ0) is 16.9. The molecule has 0 bridgehead atoms. The Kier molecular flexibility index (Phi) is 3.77. The van der Waals surface area contributed by atoms with Crippen LogP contribution in [0.15, 0.2) is 18.6 Å². The van der Waals surface area contributed by atoms with Gasteiger partial charge in [-0.25, -0.2) is 9.97 Å². The zero-order valence-corrected chi connectivity index (χ0v) is 14.7. The van der Waals surface area contributed by atoms with Crippen molar-refractivity contribution in [2.75, 3.05) is 31.6 Å². The second-order valence-electron chi connectivity index (χ2n) is 8.20. The summed E-state index contributed by atoms with van der Waals surface area (Å²) in [5.74, 6) is 2.51. The van der Waals surface area contributed by atoms with E-state index in [0.29, 0.717) is 6.04 Å². The normalized spacial score (nSPS) is 27.8. The first-order valence-electron chi connectivity index (χ1n) is 8.86. The fraction of sp³-hybridized carbons (Fsp3) is 0.667. The summed E-state index contributed by atoms with van der Waals surface area (Å²) in [6.07, 6.45) is 5.99. The standard InChI is InChI=1S/C18H27N5O/c1-18(2,24)10-23-8-12-6-14(7-13(12)9-23)22(3)17-15-4-5-19-16(15)20-11-21-17/h4-5,11-14,24H,6-10H2,1-3H3,(H,19,20,21)/t12-,13+,14+. The molecule has 6 heteroatoms. The number of fused-ring (bicyclic) bond motifs is 2. The van der Waals surface area contributed by atoms with Gasteiger partial charge in [-0.05, 0) is 44.6 Å². The van der Waals surface area contributed by atoms with E-state index in [1.54, 1.807) is 6.33 Å². The van der Waals surface area contributed by atoms with Crippen LogP contribution in [0.5, 0.6) is 0 Å². The molecule has 0 radical (unpaired) electrons. The van der Waals surface area contributed by atoms with Crippen molar-refractivity contribution in [2.24, 2.45) is 11.8 Å². The van der Waals surface area contributed by atoms with Crippen LogP contribution in [-0.4, -0.2) is 63.3 Å². The average Bonchev–Trinajstić information content (AvgIpc) is 3.17. The van der Waals surface area contributed by atoms with E-state index >= 15 is 0 Å². The van der Waals surface area contributed by atoms with Gasteiger partial charge in [0.15, 0.2) is 0 Å². The van der Waals surface area contributed by atoms with Crippen molar-refractivity contribution in [1.82, 2.24) is 19.9 Å². The Morgan fingerprint density at radius 3 is 2.67 bits per heavy atom. The molecule has 2 N–H and O–H groups in total. The van der Waals surface area contributed by atoms with E-state index in [0.717, 1.165) is 48.3 Å². The molecule has 1 saturated carbocycles. The van der Waals surface area contributed by atoms with E-state index in [9.17, 15) is 5.11 Å². The number of hydrogen-bond donors (Lipinski definition) is 2. The molecule has 2 fully saturated rings. The third kappa shape index (κ3) is 2.89. The number of β-amino-alcohol motifs (C(OH)–C–C–N with tert-alkyl or cyclic N) is 1. The van der Waals surface area contributed by atoms with Crippen LogP contribution in [-0.2, 0) is 0 Å². The maximum atomic E-state index is 10.0. The van der Waals surface area contributed by atoms with Gasteiger partial charge in [-0.15, -0.1) is 0 Å². The lowest BCUT2D eigenvalue weighted by atomic mass is 10.0. The van der Waals surface area contributed by atoms with Crippen molar-refractivity contribution < 1.29 is 5.11 Å². The summed E-state index contributed by atoms with van der Waals surface area (Å²) < 4.78 is 0. The molecule has 0 amide bonds. The summed E-state index contributed by atoms with van der Waals surface area (Å²) in [7, 11) is 2.16. The number of aromatic nitrogens is 3. The average molecular weight is 329 g/mol. The summed E-state index contributed by atoms with van der Waals surface area (Å²) in [6.45, 7) is 6.80. The van der Waals surface area contributed by atoms with Crippen molar-refractivity contribution in [3.05, 3.63) is 18.6 Å². The minimum Gasteiger partial charge on any atom is -0.389 e. The second kappa shape index (κ2) is 5.70. The molecular formula is C18H27N5O. The molecule has 2 aliphatic rings. The Morgan fingerprint density at radius 1 is 1.29 bits per heavy atom. The number of nitrogens with one attached hydrogen (secondary N) is 1. The molecule has 2 aromatic rings. The summed E-state index contributed by atoms with van der Waals surface area (Å²) in [5, 5.41) is 11.1. The maximum absolute atomic E-state index is 10.0. The van der Waals surface area contributed by atoms with Gasteiger partial charge in [-0.3, -0.25) is 4.90 Å². The Morgan fingerprint density at radius 2 is 2.00 bits per heavy atom. The van der Waals surface area contributed by atoms with Gasteiger partial charge >= 0.3 is 0 Å². The van der Waals surface area contributed by atoms with Crippen molar-refractivity contribution in [3.8, 4) is 0 Å². The second-order valence-corrected chi connectivity index (χ2v) is 8.20. The fourth-order valence-electron chi connectivity index (χ4n) is 4.67. The number of hydrogen-bond acceptors (Lipinski definition) is 5. The van der Waals surface area contributed by atoms with E-state index < -0.39 is 5.60 Å². The van der Waals surface area contributed by atoms with Crippen molar-refractivity contribution >= 4 is 16.9 Å². The van der Waals surface area contributed by atoms with Crippen LogP contribution in [0.4, 0.5) is 5.82 Å². The summed E-state index contributed by atoms with van der Waals surface area (Å²) in [5.41, 5.74) is 0.303. The lowest BCUT2D eigenvalue weighted by Gasteiger charge is -2.29. The van der Waals surface area contributed by atoms with Gasteiger partial charge in [0.25, 0.3) is 0 Å². The number of anilines is 1. The third-order valence-corrected chi connectivity index (χ3v) is 5.63. The van der Waals surface area contributed by atoms with E-state index in [-0.39, 0.29) is 0 Å². The highest BCUT2D eigenvalue weighted by Gasteiger charge is 2.43. The van der Waals surface area contributed by atoms with Crippen LogP contribution in [0.3, 0.4) is 0 Å². The molecule has 24 heavy (non-hydrogen) atoms. The molecule has 0 spiro atoms. The molecule has 3 heterocycles. The highest BCUT2D eigenvalue weighted by Crippen LogP contribution is 2.41.